The molecule has 0 radical (unpaired) electrons. The number of hydrogen-bond donors (Lipinski definition) is 2. The predicted molar refractivity (Wildman–Crippen MR) is 74.8 cm³/mol. The van der Waals surface area contributed by atoms with E-state index in [0.29, 0.717) is 23.1 Å². The van der Waals surface area contributed by atoms with E-state index in [1.165, 1.54) is 18.2 Å². The van der Waals surface area contributed by atoms with E-state index in [1.807, 2.05) is 6.92 Å². The maximum Gasteiger partial charge on any atom is 0.141 e. The van der Waals surface area contributed by atoms with Crippen LogP contribution in [0.5, 0.6) is 0 Å². The van der Waals surface area contributed by atoms with Gasteiger partial charge in [-0.1, -0.05) is 6.92 Å². The quantitative estimate of drug-likeness (QED) is 0.892. The summed E-state index contributed by atoms with van der Waals surface area (Å²) in [6.07, 6.45) is 1.64. The van der Waals surface area contributed by atoms with Gasteiger partial charge in [0.1, 0.15) is 29.3 Å². The number of nitrogens with zero attached hydrogens (tertiary/aromatic N) is 3. The summed E-state index contributed by atoms with van der Waals surface area (Å²) < 4.78 is 13.2. The van der Waals surface area contributed by atoms with Gasteiger partial charge >= 0.3 is 0 Å². The molecule has 2 aromatic rings. The molecule has 1 heterocycles. The van der Waals surface area contributed by atoms with E-state index in [9.17, 15) is 4.39 Å². The molecule has 20 heavy (non-hydrogen) atoms. The Morgan fingerprint density at radius 3 is 2.85 bits per heavy atom. The number of hydrogen-bond acceptors (Lipinski definition) is 5. The second-order valence-corrected chi connectivity index (χ2v) is 4.28. The van der Waals surface area contributed by atoms with Crippen LogP contribution < -0.4 is 11.1 Å². The first-order chi connectivity index (χ1) is 9.62. The number of aromatic nitrogens is 2. The van der Waals surface area contributed by atoms with Gasteiger partial charge in [-0.25, -0.2) is 14.4 Å². The van der Waals surface area contributed by atoms with Crippen molar-refractivity contribution < 1.29 is 4.39 Å². The van der Waals surface area contributed by atoms with Crippen LogP contribution in [0.4, 0.5) is 21.7 Å². The van der Waals surface area contributed by atoms with Crippen molar-refractivity contribution in [3.63, 3.8) is 0 Å². The van der Waals surface area contributed by atoms with E-state index in [-0.39, 0.29) is 5.56 Å². The van der Waals surface area contributed by atoms with Crippen molar-refractivity contribution >= 4 is 17.3 Å². The number of rotatable bonds is 4. The minimum atomic E-state index is -0.549. The van der Waals surface area contributed by atoms with Gasteiger partial charge < -0.3 is 11.1 Å². The smallest absolute Gasteiger partial charge is 0.141 e. The third-order valence-electron chi connectivity index (χ3n) is 2.63. The highest BCUT2D eigenvalue weighted by atomic mass is 19.1. The molecular formula is C14H14FN5. The Morgan fingerprint density at radius 2 is 2.15 bits per heavy atom. The molecule has 102 valence electrons. The molecule has 0 amide bonds. The summed E-state index contributed by atoms with van der Waals surface area (Å²) in [5.74, 6) is 0.995. The van der Waals surface area contributed by atoms with E-state index in [2.05, 4.69) is 15.3 Å². The van der Waals surface area contributed by atoms with Crippen molar-refractivity contribution in [1.82, 2.24) is 9.97 Å². The van der Waals surface area contributed by atoms with E-state index >= 15 is 0 Å². The van der Waals surface area contributed by atoms with Crippen molar-refractivity contribution in [3.05, 3.63) is 41.5 Å². The Morgan fingerprint density at radius 1 is 1.35 bits per heavy atom. The number of nitrogens with one attached hydrogen (secondary N) is 1. The molecule has 0 aliphatic carbocycles. The molecule has 0 saturated carbocycles. The largest absolute Gasteiger partial charge is 0.384 e. The molecule has 2 rings (SSSR count). The zero-order chi connectivity index (χ0) is 14.5. The van der Waals surface area contributed by atoms with Crippen molar-refractivity contribution in [1.29, 1.82) is 5.26 Å². The summed E-state index contributed by atoms with van der Waals surface area (Å²) in [5, 5.41) is 11.8. The molecule has 0 bridgehead atoms. The zero-order valence-corrected chi connectivity index (χ0v) is 11.0. The zero-order valence-electron chi connectivity index (χ0n) is 11.0. The summed E-state index contributed by atoms with van der Waals surface area (Å²) in [6.45, 7) is 2.03. The lowest BCUT2D eigenvalue weighted by atomic mass is 10.2. The minimum absolute atomic E-state index is 0.0224. The fraction of sp³-hybridized carbons (Fsp3) is 0.214. The first-order valence-electron chi connectivity index (χ1n) is 6.22. The SMILES string of the molecule is CCCc1nc(N)cc(Nc2ccc(F)c(C#N)c2)n1. The maximum atomic E-state index is 13.2. The Kier molecular flexibility index (Phi) is 4.11. The summed E-state index contributed by atoms with van der Waals surface area (Å²) >= 11 is 0. The normalized spacial score (nSPS) is 10.1. The molecule has 0 aliphatic heterocycles. The summed E-state index contributed by atoms with van der Waals surface area (Å²) in [7, 11) is 0. The van der Waals surface area contributed by atoms with Crippen molar-refractivity contribution in [3.8, 4) is 6.07 Å². The summed E-state index contributed by atoms with van der Waals surface area (Å²) in [4.78, 5) is 8.45. The van der Waals surface area contributed by atoms with Crippen LogP contribution in [0.3, 0.4) is 0 Å². The van der Waals surface area contributed by atoms with Crippen molar-refractivity contribution in [2.24, 2.45) is 0 Å². The lowest BCUT2D eigenvalue weighted by molar-refractivity contribution is 0.624. The van der Waals surface area contributed by atoms with Gasteiger partial charge in [0, 0.05) is 18.2 Å². The van der Waals surface area contributed by atoms with Gasteiger partial charge in [-0.05, 0) is 24.6 Å². The lowest BCUT2D eigenvalue weighted by Crippen LogP contribution is -2.03. The molecule has 0 atom stereocenters. The molecule has 1 aromatic carbocycles. The van der Waals surface area contributed by atoms with Crippen molar-refractivity contribution in [2.45, 2.75) is 19.8 Å². The molecule has 0 spiro atoms. The fourth-order valence-electron chi connectivity index (χ4n) is 1.75. The first kappa shape index (κ1) is 13.7. The number of aryl methyl sites for hydroxylation is 1. The number of anilines is 3. The first-order valence-corrected chi connectivity index (χ1v) is 6.22. The highest BCUT2D eigenvalue weighted by Crippen LogP contribution is 2.19. The maximum absolute atomic E-state index is 13.2. The molecule has 6 heteroatoms. The van der Waals surface area contributed by atoms with Gasteiger partial charge in [-0.3, -0.25) is 0 Å². The second-order valence-electron chi connectivity index (χ2n) is 4.28. The Bertz CT molecular complexity index is 663. The van der Waals surface area contributed by atoms with Crippen LogP contribution >= 0.6 is 0 Å². The van der Waals surface area contributed by atoms with Crippen LogP contribution in [0.2, 0.25) is 0 Å². The lowest BCUT2D eigenvalue weighted by Gasteiger charge is -2.08. The minimum Gasteiger partial charge on any atom is -0.384 e. The van der Waals surface area contributed by atoms with Crippen LogP contribution in [-0.4, -0.2) is 9.97 Å². The molecule has 0 fully saturated rings. The molecule has 0 unspecified atom stereocenters. The van der Waals surface area contributed by atoms with E-state index < -0.39 is 5.82 Å². The van der Waals surface area contributed by atoms with Crippen LogP contribution in [0.15, 0.2) is 24.3 Å². The van der Waals surface area contributed by atoms with Gasteiger partial charge in [0.15, 0.2) is 0 Å². The molecule has 0 saturated heterocycles. The van der Waals surface area contributed by atoms with Gasteiger partial charge in [0.05, 0.1) is 5.56 Å². The van der Waals surface area contributed by atoms with Crippen LogP contribution in [-0.2, 0) is 6.42 Å². The highest BCUT2D eigenvalue weighted by Gasteiger charge is 2.06. The number of nitrogen functional groups attached to an aromatic ring is 1. The van der Waals surface area contributed by atoms with E-state index in [0.717, 1.165) is 12.8 Å². The summed E-state index contributed by atoms with van der Waals surface area (Å²) in [6, 6.07) is 7.58. The van der Waals surface area contributed by atoms with E-state index in [1.54, 1.807) is 12.1 Å². The number of nitriles is 1. The monoisotopic (exact) mass is 271 g/mol. The van der Waals surface area contributed by atoms with Gasteiger partial charge in [0.25, 0.3) is 0 Å². The molecule has 0 aliphatic rings. The summed E-state index contributed by atoms with van der Waals surface area (Å²) in [5.41, 5.74) is 6.27. The average molecular weight is 271 g/mol. The molecule has 1 aromatic heterocycles. The number of halogens is 1. The fourth-order valence-corrected chi connectivity index (χ4v) is 1.75. The van der Waals surface area contributed by atoms with Gasteiger partial charge in [-0.2, -0.15) is 5.26 Å². The molecular weight excluding hydrogens is 257 g/mol. The van der Waals surface area contributed by atoms with Gasteiger partial charge in [0.2, 0.25) is 0 Å². The Balaban J connectivity index is 2.28. The third-order valence-corrected chi connectivity index (χ3v) is 2.63. The van der Waals surface area contributed by atoms with Crippen molar-refractivity contribution in [2.75, 3.05) is 11.1 Å². The molecule has 5 nitrogen and oxygen atoms in total. The van der Waals surface area contributed by atoms with E-state index in [4.69, 9.17) is 11.0 Å². The topological polar surface area (TPSA) is 87.6 Å². The van der Waals surface area contributed by atoms with Crippen LogP contribution in [0, 0.1) is 17.1 Å². The highest BCUT2D eigenvalue weighted by molar-refractivity contribution is 5.60. The predicted octanol–water partition coefficient (Wildman–Crippen LogP) is 2.77. The van der Waals surface area contributed by atoms with Crippen LogP contribution in [0.1, 0.15) is 24.7 Å². The van der Waals surface area contributed by atoms with Crippen LogP contribution in [0.25, 0.3) is 0 Å². The van der Waals surface area contributed by atoms with Gasteiger partial charge in [-0.15, -0.1) is 0 Å². The third kappa shape index (κ3) is 3.20. The molecule has 3 N–H and O–H groups in total. The number of benzene rings is 1. The second kappa shape index (κ2) is 5.97. The Hall–Kier alpha value is -2.68. The standard InChI is InChI=1S/C14H14FN5/c1-2-3-13-19-12(17)7-14(20-13)18-10-4-5-11(15)9(6-10)8-16/h4-7H,2-3H2,1H3,(H3,17,18,19,20). The Labute approximate surface area is 116 Å². The number of nitrogens with two attached hydrogens (primary N) is 1. The average Bonchev–Trinajstić information content (AvgIpc) is 2.40.